The van der Waals surface area contributed by atoms with E-state index < -0.39 is 11.6 Å². The summed E-state index contributed by atoms with van der Waals surface area (Å²) in [7, 11) is 1.71. The van der Waals surface area contributed by atoms with Gasteiger partial charge in [-0.15, -0.1) is 23.1 Å². The fourth-order valence-corrected chi connectivity index (χ4v) is 4.00. The van der Waals surface area contributed by atoms with E-state index in [1.807, 2.05) is 12.1 Å². The molecule has 2 aromatic rings. The summed E-state index contributed by atoms with van der Waals surface area (Å²) >= 11 is 6.01. The quantitative estimate of drug-likeness (QED) is 0.697. The molecular weight excluding hydrogens is 380 g/mol. The number of nitrogens with zero attached hydrogens (tertiary/aromatic N) is 1. The van der Waals surface area contributed by atoms with E-state index in [0.29, 0.717) is 6.54 Å². The number of amides is 1. The Morgan fingerprint density at radius 3 is 2.71 bits per heavy atom. The first kappa shape index (κ1) is 16.5. The van der Waals surface area contributed by atoms with Crippen molar-refractivity contribution in [3.05, 3.63) is 50.6 Å². The molecule has 0 radical (unpaired) electrons. The van der Waals surface area contributed by atoms with E-state index in [1.165, 1.54) is 12.1 Å². The summed E-state index contributed by atoms with van der Waals surface area (Å²) in [5, 5.41) is 0. The number of hydrogen-bond acceptors (Lipinski definition) is 3. The van der Waals surface area contributed by atoms with Crippen molar-refractivity contribution >= 4 is 44.9 Å². The van der Waals surface area contributed by atoms with Crippen LogP contribution in [0, 0.1) is 11.6 Å². The predicted molar refractivity (Wildman–Crippen MR) is 85.6 cm³/mol. The van der Waals surface area contributed by atoms with Gasteiger partial charge in [-0.25, -0.2) is 8.78 Å². The standard InChI is InChI=1S/C14H12BrF2NOS2/c1-18(7-10-3-5-13(15)21-10)14(19)8-20-12-4-2-9(16)6-11(12)17/h2-6H,7-8H2,1H3. The van der Waals surface area contributed by atoms with E-state index in [1.54, 1.807) is 23.3 Å². The normalized spacial score (nSPS) is 10.7. The second kappa shape index (κ2) is 7.38. The summed E-state index contributed by atoms with van der Waals surface area (Å²) in [4.78, 5) is 14.9. The van der Waals surface area contributed by atoms with Crippen molar-refractivity contribution in [2.45, 2.75) is 11.4 Å². The summed E-state index contributed by atoms with van der Waals surface area (Å²) in [6.07, 6.45) is 0. The number of hydrogen-bond donors (Lipinski definition) is 0. The number of halogens is 3. The number of carbonyl (C=O) groups excluding carboxylic acids is 1. The number of carbonyl (C=O) groups is 1. The maximum atomic E-state index is 13.5. The third-order valence-electron chi connectivity index (χ3n) is 2.69. The van der Waals surface area contributed by atoms with Gasteiger partial charge < -0.3 is 4.90 Å². The van der Waals surface area contributed by atoms with Crippen molar-refractivity contribution in [3.63, 3.8) is 0 Å². The Labute approximate surface area is 138 Å². The highest BCUT2D eigenvalue weighted by Crippen LogP contribution is 2.25. The van der Waals surface area contributed by atoms with E-state index in [2.05, 4.69) is 15.9 Å². The first-order valence-electron chi connectivity index (χ1n) is 6.01. The molecule has 0 fully saturated rings. The smallest absolute Gasteiger partial charge is 0.233 e. The van der Waals surface area contributed by atoms with Crippen LogP contribution in [-0.2, 0) is 11.3 Å². The van der Waals surface area contributed by atoms with Crippen LogP contribution in [-0.4, -0.2) is 23.6 Å². The Morgan fingerprint density at radius 1 is 1.33 bits per heavy atom. The molecule has 0 saturated heterocycles. The average Bonchev–Trinajstić information content (AvgIpc) is 2.82. The molecule has 0 spiro atoms. The van der Waals surface area contributed by atoms with Gasteiger partial charge in [0.25, 0.3) is 0 Å². The zero-order valence-corrected chi connectivity index (χ0v) is 14.3. The van der Waals surface area contributed by atoms with Crippen molar-refractivity contribution in [2.24, 2.45) is 0 Å². The number of thioether (sulfide) groups is 1. The van der Waals surface area contributed by atoms with Crippen LogP contribution < -0.4 is 0 Å². The maximum absolute atomic E-state index is 13.5. The van der Waals surface area contributed by atoms with Gasteiger partial charge in [-0.3, -0.25) is 4.79 Å². The zero-order chi connectivity index (χ0) is 15.4. The molecule has 21 heavy (non-hydrogen) atoms. The van der Waals surface area contributed by atoms with Gasteiger partial charge in [-0.2, -0.15) is 0 Å². The minimum Gasteiger partial charge on any atom is -0.340 e. The largest absolute Gasteiger partial charge is 0.340 e. The second-order valence-corrected chi connectivity index (χ2v) is 7.88. The molecule has 7 heteroatoms. The van der Waals surface area contributed by atoms with Crippen LogP contribution in [0.15, 0.2) is 39.0 Å². The van der Waals surface area contributed by atoms with E-state index in [0.717, 1.165) is 26.5 Å². The molecule has 1 aromatic heterocycles. The fraction of sp³-hybridized carbons (Fsp3) is 0.214. The molecule has 0 N–H and O–H groups in total. The Balaban J connectivity index is 1.89. The van der Waals surface area contributed by atoms with Gasteiger partial charge in [-0.05, 0) is 40.2 Å². The molecular formula is C14H12BrF2NOS2. The van der Waals surface area contributed by atoms with Gasteiger partial charge in [0.05, 0.1) is 16.1 Å². The lowest BCUT2D eigenvalue weighted by molar-refractivity contribution is -0.127. The minimum absolute atomic E-state index is 0.103. The van der Waals surface area contributed by atoms with Crippen molar-refractivity contribution in [1.29, 1.82) is 0 Å². The molecule has 112 valence electrons. The molecule has 0 aliphatic carbocycles. The summed E-state index contributed by atoms with van der Waals surface area (Å²) < 4.78 is 27.3. The Hall–Kier alpha value is -0.920. The fourth-order valence-electron chi connectivity index (χ4n) is 1.60. The highest BCUT2D eigenvalue weighted by Gasteiger charge is 2.13. The van der Waals surface area contributed by atoms with Gasteiger partial charge in [0.2, 0.25) is 5.91 Å². The van der Waals surface area contributed by atoms with Crippen LogP contribution in [0.25, 0.3) is 0 Å². The van der Waals surface area contributed by atoms with Gasteiger partial charge in [0.1, 0.15) is 11.6 Å². The lowest BCUT2D eigenvalue weighted by Gasteiger charge is -2.16. The SMILES string of the molecule is CN(Cc1ccc(Br)s1)C(=O)CSc1ccc(F)cc1F. The molecule has 2 nitrogen and oxygen atoms in total. The van der Waals surface area contributed by atoms with Crippen LogP contribution >= 0.6 is 39.0 Å². The van der Waals surface area contributed by atoms with E-state index in [4.69, 9.17) is 0 Å². The molecule has 1 aromatic carbocycles. The third-order valence-corrected chi connectivity index (χ3v) is 5.33. The van der Waals surface area contributed by atoms with Crippen LogP contribution in [0.1, 0.15) is 4.88 Å². The molecule has 2 rings (SSSR count). The number of rotatable bonds is 5. The maximum Gasteiger partial charge on any atom is 0.233 e. The molecule has 0 bridgehead atoms. The Morgan fingerprint density at radius 2 is 2.10 bits per heavy atom. The van der Waals surface area contributed by atoms with Gasteiger partial charge in [0, 0.05) is 22.9 Å². The first-order valence-corrected chi connectivity index (χ1v) is 8.61. The molecule has 0 unspecified atom stereocenters. The van der Waals surface area contributed by atoms with E-state index in [-0.39, 0.29) is 16.6 Å². The van der Waals surface area contributed by atoms with E-state index >= 15 is 0 Å². The molecule has 0 saturated carbocycles. The first-order chi connectivity index (χ1) is 9.95. The van der Waals surface area contributed by atoms with Gasteiger partial charge in [0.15, 0.2) is 0 Å². The summed E-state index contributed by atoms with van der Waals surface area (Å²) in [6, 6.07) is 7.23. The van der Waals surface area contributed by atoms with Crippen LogP contribution in [0.5, 0.6) is 0 Å². The predicted octanol–water partition coefficient (Wildman–Crippen LogP) is 4.54. The second-order valence-electron chi connectivity index (χ2n) is 4.32. The number of thiophene rings is 1. The zero-order valence-electron chi connectivity index (χ0n) is 11.1. The number of benzene rings is 1. The highest BCUT2D eigenvalue weighted by atomic mass is 79.9. The van der Waals surface area contributed by atoms with Crippen LogP contribution in [0.2, 0.25) is 0 Å². The molecule has 0 atom stereocenters. The van der Waals surface area contributed by atoms with Crippen molar-refractivity contribution in [1.82, 2.24) is 4.90 Å². The molecule has 0 aliphatic rings. The minimum atomic E-state index is -0.641. The average molecular weight is 392 g/mol. The lowest BCUT2D eigenvalue weighted by Crippen LogP contribution is -2.27. The monoisotopic (exact) mass is 391 g/mol. The third kappa shape index (κ3) is 4.79. The molecule has 1 heterocycles. The molecule has 1 amide bonds. The highest BCUT2D eigenvalue weighted by molar-refractivity contribution is 9.11. The Kier molecular flexibility index (Phi) is 5.78. The van der Waals surface area contributed by atoms with Crippen molar-refractivity contribution in [2.75, 3.05) is 12.8 Å². The van der Waals surface area contributed by atoms with Crippen LogP contribution in [0.4, 0.5) is 8.78 Å². The lowest BCUT2D eigenvalue weighted by atomic mass is 10.3. The van der Waals surface area contributed by atoms with Crippen molar-refractivity contribution in [3.8, 4) is 0 Å². The summed E-state index contributed by atoms with van der Waals surface area (Å²) in [6.45, 7) is 0.515. The molecule has 0 aliphatic heterocycles. The summed E-state index contributed by atoms with van der Waals surface area (Å²) in [5.41, 5.74) is 0. The van der Waals surface area contributed by atoms with Crippen molar-refractivity contribution < 1.29 is 13.6 Å². The van der Waals surface area contributed by atoms with E-state index in [9.17, 15) is 13.6 Å². The van der Waals surface area contributed by atoms with Crippen LogP contribution in [0.3, 0.4) is 0 Å². The van der Waals surface area contributed by atoms with Gasteiger partial charge in [-0.1, -0.05) is 0 Å². The topological polar surface area (TPSA) is 20.3 Å². The van der Waals surface area contributed by atoms with Gasteiger partial charge >= 0.3 is 0 Å². The summed E-state index contributed by atoms with van der Waals surface area (Å²) in [5.74, 6) is -1.25. The Bertz CT molecular complexity index is 648.